The number of carbonyl (C=O) groups excluding carboxylic acids is 2. The van der Waals surface area contributed by atoms with Crippen molar-refractivity contribution in [1.82, 2.24) is 4.90 Å². The van der Waals surface area contributed by atoms with E-state index in [1.165, 1.54) is 65.1 Å². The molecule has 37 heavy (non-hydrogen) atoms. The first-order valence-electron chi connectivity index (χ1n) is 11.3. The highest BCUT2D eigenvalue weighted by molar-refractivity contribution is 8.01. The van der Waals surface area contributed by atoms with Gasteiger partial charge < -0.3 is 15.0 Å². The van der Waals surface area contributed by atoms with Gasteiger partial charge in [0.1, 0.15) is 11.6 Å². The van der Waals surface area contributed by atoms with E-state index in [0.717, 1.165) is 12.1 Å². The van der Waals surface area contributed by atoms with E-state index in [1.54, 1.807) is 18.2 Å². The largest absolute Gasteiger partial charge is 0.497 e. The summed E-state index contributed by atoms with van der Waals surface area (Å²) >= 11 is 1.27. The number of anilines is 2. The quantitative estimate of drug-likeness (QED) is 0.430. The zero-order valence-electron chi connectivity index (χ0n) is 19.5. The van der Waals surface area contributed by atoms with Crippen LogP contribution in [0.15, 0.2) is 66.7 Å². The zero-order chi connectivity index (χ0) is 26.4. The summed E-state index contributed by atoms with van der Waals surface area (Å²) in [5.41, 5.74) is 0.845. The lowest BCUT2D eigenvalue weighted by atomic mass is 10.1. The number of nitrogens with one attached hydrogen (secondary N) is 1. The molecule has 0 aliphatic carbocycles. The van der Waals surface area contributed by atoms with Crippen LogP contribution in [0.1, 0.15) is 16.7 Å². The number of hydrogen-bond acceptors (Lipinski definition) is 4. The number of fused-ring (bicyclic) bond motifs is 2. The molecular weight excluding hydrogens is 510 g/mol. The molecule has 0 saturated carbocycles. The molecule has 3 amide bonds. The van der Waals surface area contributed by atoms with Crippen LogP contribution in [0.25, 0.3) is 0 Å². The Balaban J connectivity index is 1.53. The first kappa shape index (κ1) is 24.9. The fourth-order valence-electron chi connectivity index (χ4n) is 4.63. The van der Waals surface area contributed by atoms with E-state index >= 15 is 0 Å². The number of methoxy groups -OCH3 is 1. The van der Waals surface area contributed by atoms with Gasteiger partial charge in [-0.15, -0.1) is 11.8 Å². The van der Waals surface area contributed by atoms with Crippen molar-refractivity contribution in [3.05, 3.63) is 89.2 Å². The maximum Gasteiger partial charge on any atom is 0.416 e. The number of halogens is 4. The first-order valence-corrected chi connectivity index (χ1v) is 12.3. The fraction of sp³-hybridized carbons (Fsp3) is 0.231. The lowest BCUT2D eigenvalue weighted by Crippen LogP contribution is -2.51. The second-order valence-corrected chi connectivity index (χ2v) is 9.84. The van der Waals surface area contributed by atoms with Crippen LogP contribution in [0.5, 0.6) is 5.75 Å². The number of rotatable bonds is 4. The third-order valence-electron chi connectivity index (χ3n) is 6.34. The summed E-state index contributed by atoms with van der Waals surface area (Å²) in [4.78, 5) is 28.8. The van der Waals surface area contributed by atoms with Crippen LogP contribution in [-0.2, 0) is 22.4 Å². The summed E-state index contributed by atoms with van der Waals surface area (Å²) in [5, 5.41) is 2.71. The third-order valence-corrected chi connectivity index (χ3v) is 7.76. The van der Waals surface area contributed by atoms with Crippen LogP contribution in [0.3, 0.4) is 0 Å². The first-order chi connectivity index (χ1) is 17.6. The molecule has 1 atom stereocenters. The average molecular weight is 532 g/mol. The molecular formula is C26H21F4N3O3S. The monoisotopic (exact) mass is 531 g/mol. The van der Waals surface area contributed by atoms with Gasteiger partial charge in [-0.25, -0.2) is 9.18 Å². The Morgan fingerprint density at radius 2 is 1.86 bits per heavy atom. The van der Waals surface area contributed by atoms with Gasteiger partial charge in [-0.1, -0.05) is 12.1 Å². The number of nitrogens with zero attached hydrogens (tertiary/aromatic N) is 2. The maximum absolute atomic E-state index is 14.1. The van der Waals surface area contributed by atoms with Gasteiger partial charge >= 0.3 is 12.2 Å². The van der Waals surface area contributed by atoms with Crippen molar-refractivity contribution in [2.45, 2.75) is 17.6 Å². The van der Waals surface area contributed by atoms with Gasteiger partial charge in [-0.05, 0) is 60.2 Å². The molecule has 1 fully saturated rings. The van der Waals surface area contributed by atoms with Crippen LogP contribution >= 0.6 is 11.8 Å². The Morgan fingerprint density at radius 3 is 2.57 bits per heavy atom. The lowest BCUT2D eigenvalue weighted by molar-refractivity contribution is -0.137. The van der Waals surface area contributed by atoms with E-state index < -0.39 is 34.4 Å². The van der Waals surface area contributed by atoms with E-state index in [1.807, 2.05) is 0 Å². The molecule has 192 valence electrons. The van der Waals surface area contributed by atoms with Crippen LogP contribution in [0.4, 0.5) is 33.7 Å². The smallest absolute Gasteiger partial charge is 0.416 e. The van der Waals surface area contributed by atoms with Crippen LogP contribution in [0.2, 0.25) is 0 Å². The Kier molecular flexibility index (Phi) is 6.26. The van der Waals surface area contributed by atoms with Crippen LogP contribution in [0, 0.1) is 5.82 Å². The molecule has 1 saturated heterocycles. The number of carbonyl (C=O) groups is 2. The number of hydrogen-bond donors (Lipinski definition) is 1. The molecule has 11 heteroatoms. The average Bonchev–Trinajstić information content (AvgIpc) is 3.42. The van der Waals surface area contributed by atoms with Crippen molar-refractivity contribution in [2.75, 3.05) is 29.6 Å². The number of urea groups is 1. The van der Waals surface area contributed by atoms with Crippen molar-refractivity contribution >= 4 is 35.1 Å². The van der Waals surface area contributed by atoms with Gasteiger partial charge in [0.25, 0.3) is 5.91 Å². The fourth-order valence-corrected chi connectivity index (χ4v) is 6.08. The van der Waals surface area contributed by atoms with E-state index in [9.17, 15) is 27.2 Å². The Labute approximate surface area is 214 Å². The van der Waals surface area contributed by atoms with Crippen molar-refractivity contribution in [3.63, 3.8) is 0 Å². The highest BCUT2D eigenvalue weighted by Crippen LogP contribution is 2.55. The molecule has 2 heterocycles. The minimum Gasteiger partial charge on any atom is -0.497 e. The maximum atomic E-state index is 14.1. The van der Waals surface area contributed by atoms with E-state index in [4.69, 9.17) is 4.74 Å². The van der Waals surface area contributed by atoms with Gasteiger partial charge in [-0.2, -0.15) is 13.2 Å². The van der Waals surface area contributed by atoms with Crippen LogP contribution < -0.4 is 15.0 Å². The zero-order valence-corrected chi connectivity index (χ0v) is 20.3. The molecule has 6 nitrogen and oxygen atoms in total. The van der Waals surface area contributed by atoms with E-state index in [2.05, 4.69) is 5.32 Å². The summed E-state index contributed by atoms with van der Waals surface area (Å²) in [6.07, 6.45) is -4.52. The van der Waals surface area contributed by atoms with E-state index in [-0.39, 0.29) is 13.1 Å². The molecule has 1 spiro atoms. The molecule has 0 unspecified atom stereocenters. The normalized spacial score (nSPS) is 18.9. The topological polar surface area (TPSA) is 61.9 Å². The minimum absolute atomic E-state index is 0.113. The highest BCUT2D eigenvalue weighted by Gasteiger charge is 2.59. The molecule has 0 bridgehead atoms. The summed E-state index contributed by atoms with van der Waals surface area (Å²) < 4.78 is 58.6. The Bertz CT molecular complexity index is 1370. The third kappa shape index (κ3) is 4.37. The lowest BCUT2D eigenvalue weighted by Gasteiger charge is -2.33. The second kappa shape index (κ2) is 9.29. The number of ether oxygens (including phenoxy) is 1. The molecule has 2 aliphatic heterocycles. The minimum atomic E-state index is -4.52. The van der Waals surface area contributed by atoms with Gasteiger partial charge in [0.2, 0.25) is 0 Å². The summed E-state index contributed by atoms with van der Waals surface area (Å²) in [7, 11) is 1.48. The molecule has 0 aromatic heterocycles. The number of alkyl halides is 3. The van der Waals surface area contributed by atoms with Crippen molar-refractivity contribution in [3.8, 4) is 5.75 Å². The molecule has 0 radical (unpaired) electrons. The van der Waals surface area contributed by atoms with Gasteiger partial charge in [0, 0.05) is 23.5 Å². The van der Waals surface area contributed by atoms with Gasteiger partial charge in [0.05, 0.1) is 24.9 Å². The van der Waals surface area contributed by atoms with E-state index in [0.29, 0.717) is 34.0 Å². The van der Waals surface area contributed by atoms with Crippen molar-refractivity contribution < 1.29 is 31.9 Å². The van der Waals surface area contributed by atoms with Gasteiger partial charge in [0.15, 0.2) is 4.87 Å². The Morgan fingerprint density at radius 1 is 1.11 bits per heavy atom. The molecule has 5 rings (SSSR count). The van der Waals surface area contributed by atoms with Crippen molar-refractivity contribution in [2.24, 2.45) is 0 Å². The molecule has 3 aromatic rings. The number of amides is 3. The van der Waals surface area contributed by atoms with Crippen molar-refractivity contribution in [1.29, 1.82) is 0 Å². The summed E-state index contributed by atoms with van der Waals surface area (Å²) in [5.74, 6) is 0.0305. The SMILES string of the molecule is COc1ccc2c(c1)[C@@]1(SCCN1C(=O)Nc1ccc(F)cc1)C(=O)N2Cc1cccc(C(F)(F)F)c1. The standard InChI is InChI=1S/C26H21F4N3O3S/c1-36-20-9-10-22-21(14-20)25(23(34)32(22)15-16-3-2-4-17(13-16)26(28,29)30)33(11-12-37-25)24(35)31-19-7-5-18(27)6-8-19/h2-10,13-14H,11-12,15H2,1H3,(H,31,35)/t25-/m1/s1. The molecule has 3 aromatic carbocycles. The predicted octanol–water partition coefficient (Wildman–Crippen LogP) is 5.83. The Hall–Kier alpha value is -3.73. The number of benzene rings is 3. The van der Waals surface area contributed by atoms with Crippen LogP contribution in [-0.4, -0.2) is 36.2 Å². The molecule has 1 N–H and O–H groups in total. The predicted molar refractivity (Wildman–Crippen MR) is 132 cm³/mol. The highest BCUT2D eigenvalue weighted by atomic mass is 32.2. The van der Waals surface area contributed by atoms with Gasteiger partial charge in [-0.3, -0.25) is 9.69 Å². The molecule has 2 aliphatic rings. The summed E-state index contributed by atoms with van der Waals surface area (Å²) in [6.45, 7) is 0.134. The second-order valence-electron chi connectivity index (χ2n) is 8.55. The summed E-state index contributed by atoms with van der Waals surface area (Å²) in [6, 6.07) is 14.5. The number of thioether (sulfide) groups is 1.